The number of rotatable bonds is 7. The molecule has 0 atom stereocenters. The van der Waals surface area contributed by atoms with Gasteiger partial charge in [0.15, 0.2) is 19.7 Å². The minimum atomic E-state index is -3.40. The molecule has 0 saturated heterocycles. The van der Waals surface area contributed by atoms with Crippen molar-refractivity contribution in [3.63, 3.8) is 0 Å². The van der Waals surface area contributed by atoms with Gasteiger partial charge in [-0.25, -0.2) is 26.8 Å². The molecule has 0 N–H and O–H groups in total. The van der Waals surface area contributed by atoms with E-state index in [0.29, 0.717) is 0 Å². The van der Waals surface area contributed by atoms with E-state index < -0.39 is 19.7 Å². The molecule has 1 heterocycles. The Labute approximate surface area is 134 Å². The second kappa shape index (κ2) is 7.65. The molecule has 0 unspecified atom stereocenters. The fourth-order valence-corrected chi connectivity index (χ4v) is 2.22. The monoisotopic (exact) mass is 366 g/mol. The second-order valence-electron chi connectivity index (χ2n) is 3.94. The molecule has 1 aromatic heterocycles. The molecule has 0 aliphatic rings. The first-order chi connectivity index (χ1) is 10.2. The van der Waals surface area contributed by atoms with Crippen LogP contribution < -0.4 is 4.90 Å². The summed E-state index contributed by atoms with van der Waals surface area (Å²) in [7, 11) is -6.80. The predicted molar refractivity (Wildman–Crippen MR) is 84.5 cm³/mol. The van der Waals surface area contributed by atoms with Gasteiger partial charge in [0, 0.05) is 23.2 Å². The zero-order valence-corrected chi connectivity index (χ0v) is 14.3. The van der Waals surface area contributed by atoms with Gasteiger partial charge in [-0.3, -0.25) is 4.90 Å². The fourth-order valence-electron chi connectivity index (χ4n) is 1.08. The number of halogens is 1. The van der Waals surface area contributed by atoms with E-state index in [4.69, 9.17) is 11.6 Å². The van der Waals surface area contributed by atoms with Gasteiger partial charge in [0.1, 0.15) is 6.33 Å². The molecule has 22 heavy (non-hydrogen) atoms. The quantitative estimate of drug-likeness (QED) is 0.706. The van der Waals surface area contributed by atoms with Crippen LogP contribution in [0, 0.1) is 0 Å². The molecule has 1 aromatic rings. The van der Waals surface area contributed by atoms with Crippen molar-refractivity contribution < 1.29 is 16.8 Å². The molecule has 8 nitrogen and oxygen atoms in total. The maximum absolute atomic E-state index is 11.5. The van der Waals surface area contributed by atoms with Crippen LogP contribution in [-0.4, -0.2) is 43.3 Å². The molecule has 0 aliphatic heterocycles. The van der Waals surface area contributed by atoms with Crippen LogP contribution in [0.3, 0.4) is 0 Å². The first kappa shape index (κ1) is 18.5. The maximum atomic E-state index is 11.5. The lowest BCUT2D eigenvalue weighted by molar-refractivity contribution is 0.604. The Bertz CT molecular complexity index is 731. The average Bonchev–Trinajstić information content (AvgIpc) is 2.47. The topological polar surface area (TPSA) is 110 Å². The normalized spacial score (nSPS) is 13.0. The van der Waals surface area contributed by atoms with Crippen molar-refractivity contribution in [2.45, 2.75) is 13.8 Å². The Hall–Kier alpha value is -1.52. The number of anilines is 1. The Morgan fingerprint density at radius 1 is 1.05 bits per heavy atom. The summed E-state index contributed by atoms with van der Waals surface area (Å²) in [6.45, 7) is 2.97. The number of nitrogens with zero attached hydrogens (tertiary/aromatic N) is 4. The van der Waals surface area contributed by atoms with E-state index in [0.717, 1.165) is 34.4 Å². The lowest BCUT2D eigenvalue weighted by Gasteiger charge is -2.12. The van der Waals surface area contributed by atoms with Crippen molar-refractivity contribution in [1.29, 1.82) is 0 Å². The van der Waals surface area contributed by atoms with Crippen LogP contribution >= 0.6 is 11.6 Å². The molecule has 0 aromatic carbocycles. The van der Waals surface area contributed by atoms with Crippen LogP contribution in [0.1, 0.15) is 13.8 Å². The summed E-state index contributed by atoms with van der Waals surface area (Å²) in [6.07, 6.45) is 3.42. The summed E-state index contributed by atoms with van der Waals surface area (Å²) in [6, 6.07) is 0. The maximum Gasteiger partial charge on any atom is 0.237 e. The molecule has 122 valence electrons. The lowest BCUT2D eigenvalue weighted by atomic mass is 10.7. The molecule has 0 amide bonds. The zero-order valence-electron chi connectivity index (χ0n) is 11.9. The van der Waals surface area contributed by atoms with E-state index in [2.05, 4.69) is 15.0 Å². The first-order valence-corrected chi connectivity index (χ1v) is 9.94. The highest BCUT2D eigenvalue weighted by Crippen LogP contribution is 2.11. The molecule has 11 heteroatoms. The lowest BCUT2D eigenvalue weighted by Crippen LogP contribution is -2.14. The summed E-state index contributed by atoms with van der Waals surface area (Å²) in [5, 5.41) is 1.77. The van der Waals surface area contributed by atoms with E-state index in [1.807, 2.05) is 0 Å². The number of aromatic nitrogens is 3. The number of hydrogen-bond donors (Lipinski definition) is 0. The van der Waals surface area contributed by atoms with Gasteiger partial charge >= 0.3 is 0 Å². The summed E-state index contributed by atoms with van der Waals surface area (Å²) in [5.74, 6) is -0.191. The zero-order chi connectivity index (χ0) is 16.8. The predicted octanol–water partition coefficient (Wildman–Crippen LogP) is 1.14. The third-order valence-corrected chi connectivity index (χ3v) is 5.29. The highest BCUT2D eigenvalue weighted by molar-refractivity contribution is 7.94. The summed E-state index contributed by atoms with van der Waals surface area (Å²) in [5.41, 5.74) is 0. The Morgan fingerprint density at radius 3 is 1.95 bits per heavy atom. The van der Waals surface area contributed by atoms with Crippen molar-refractivity contribution in [2.75, 3.05) is 16.4 Å². The van der Waals surface area contributed by atoms with Crippen LogP contribution in [0.25, 0.3) is 0 Å². The molecule has 0 spiro atoms. The SMILES string of the molecule is CCS(=O)(=O)C=CN(C=CS(=O)(=O)CC)c1ncnc(Cl)n1. The van der Waals surface area contributed by atoms with Gasteiger partial charge in [-0.15, -0.1) is 0 Å². The van der Waals surface area contributed by atoms with E-state index in [1.54, 1.807) is 0 Å². The van der Waals surface area contributed by atoms with E-state index in [-0.39, 0.29) is 22.7 Å². The van der Waals surface area contributed by atoms with Gasteiger partial charge < -0.3 is 0 Å². The van der Waals surface area contributed by atoms with Crippen molar-refractivity contribution in [2.24, 2.45) is 0 Å². The molecule has 0 fully saturated rings. The van der Waals surface area contributed by atoms with E-state index in [9.17, 15) is 16.8 Å². The molecule has 0 saturated carbocycles. The van der Waals surface area contributed by atoms with Crippen molar-refractivity contribution >= 4 is 37.2 Å². The minimum absolute atomic E-state index is 0.00916. The standard InChI is InChI=1S/C11H15ClN4O4S2/c1-3-21(17,18)7-5-16(6-8-22(19,20)4-2)11-14-9-13-10(12)15-11/h5-9H,3-4H2,1-2H3. The Kier molecular flexibility index (Phi) is 6.45. The molecule has 0 bridgehead atoms. The third kappa shape index (κ3) is 6.08. The second-order valence-corrected chi connectivity index (χ2v) is 8.62. The smallest absolute Gasteiger partial charge is 0.237 e. The van der Waals surface area contributed by atoms with Gasteiger partial charge in [0.25, 0.3) is 0 Å². The molecule has 1 rings (SSSR count). The van der Waals surface area contributed by atoms with Crippen LogP contribution in [0.2, 0.25) is 5.28 Å². The number of hydrogen-bond acceptors (Lipinski definition) is 8. The summed E-state index contributed by atoms with van der Waals surface area (Å²) in [4.78, 5) is 12.4. The first-order valence-electron chi connectivity index (χ1n) is 6.14. The Morgan fingerprint density at radius 2 is 1.55 bits per heavy atom. The van der Waals surface area contributed by atoms with Gasteiger partial charge in [0.05, 0.1) is 11.5 Å². The van der Waals surface area contributed by atoms with Gasteiger partial charge in [-0.1, -0.05) is 13.8 Å². The van der Waals surface area contributed by atoms with Crippen molar-refractivity contribution in [3.8, 4) is 0 Å². The van der Waals surface area contributed by atoms with E-state index in [1.165, 1.54) is 13.8 Å². The molecule has 0 aliphatic carbocycles. The number of sulfone groups is 2. The summed E-state index contributed by atoms with van der Waals surface area (Å²) >= 11 is 5.65. The van der Waals surface area contributed by atoms with Crippen LogP contribution in [0.4, 0.5) is 5.95 Å². The van der Waals surface area contributed by atoms with Crippen LogP contribution in [0.5, 0.6) is 0 Å². The van der Waals surface area contributed by atoms with Gasteiger partial charge in [0.2, 0.25) is 11.2 Å². The third-order valence-electron chi connectivity index (χ3n) is 2.42. The van der Waals surface area contributed by atoms with Crippen LogP contribution in [-0.2, 0) is 19.7 Å². The average molecular weight is 367 g/mol. The van der Waals surface area contributed by atoms with E-state index >= 15 is 0 Å². The minimum Gasteiger partial charge on any atom is -0.291 e. The molecular weight excluding hydrogens is 352 g/mol. The van der Waals surface area contributed by atoms with Crippen LogP contribution in [0.15, 0.2) is 29.5 Å². The Balaban J connectivity index is 3.22. The van der Waals surface area contributed by atoms with Crippen molar-refractivity contribution in [3.05, 3.63) is 34.8 Å². The largest absolute Gasteiger partial charge is 0.291 e. The van der Waals surface area contributed by atoms with Crippen molar-refractivity contribution in [1.82, 2.24) is 15.0 Å². The van der Waals surface area contributed by atoms with Gasteiger partial charge in [-0.05, 0) is 11.6 Å². The highest BCUT2D eigenvalue weighted by Gasteiger charge is 2.09. The molecular formula is C11H15ClN4O4S2. The fraction of sp³-hybridized carbons (Fsp3) is 0.364. The summed E-state index contributed by atoms with van der Waals surface area (Å²) < 4.78 is 46.1. The van der Waals surface area contributed by atoms with Gasteiger partial charge in [-0.2, -0.15) is 4.98 Å². The highest BCUT2D eigenvalue weighted by atomic mass is 35.5. The molecule has 0 radical (unpaired) electrons.